The highest BCUT2D eigenvalue weighted by Crippen LogP contribution is 2.17. The molecule has 0 atom stereocenters. The molecule has 1 aromatic rings. The molecular weight excluding hydrogens is 237 g/mol. The molecule has 94 valence electrons. The molecule has 17 heavy (non-hydrogen) atoms. The zero-order valence-electron chi connectivity index (χ0n) is 10.6. The van der Waals surface area contributed by atoms with Gasteiger partial charge >= 0.3 is 0 Å². The lowest BCUT2D eigenvalue weighted by atomic mass is 10.1. The standard InChI is InChI=1S/C14H19ClFN/c1-4-11(9-17-10(2)3)5-12-6-13(15)8-14(16)7-12/h5-8,10,17H,4,9H2,1-3H3/b11-5-. The van der Waals surface area contributed by atoms with E-state index in [1.807, 2.05) is 6.08 Å². The van der Waals surface area contributed by atoms with Crippen LogP contribution in [-0.2, 0) is 0 Å². The predicted octanol–water partition coefficient (Wildman–Crippen LogP) is 4.27. The third-order valence-electron chi connectivity index (χ3n) is 2.45. The molecule has 1 rings (SSSR count). The molecule has 0 spiro atoms. The van der Waals surface area contributed by atoms with E-state index in [2.05, 4.69) is 26.1 Å². The summed E-state index contributed by atoms with van der Waals surface area (Å²) in [6.45, 7) is 7.12. The van der Waals surface area contributed by atoms with Gasteiger partial charge in [0, 0.05) is 17.6 Å². The largest absolute Gasteiger partial charge is 0.311 e. The van der Waals surface area contributed by atoms with Crippen LogP contribution in [0.15, 0.2) is 23.8 Å². The van der Waals surface area contributed by atoms with E-state index in [-0.39, 0.29) is 5.82 Å². The number of hydrogen-bond acceptors (Lipinski definition) is 1. The Labute approximate surface area is 108 Å². The van der Waals surface area contributed by atoms with Gasteiger partial charge in [-0.2, -0.15) is 0 Å². The van der Waals surface area contributed by atoms with Crippen LogP contribution in [0.25, 0.3) is 6.08 Å². The van der Waals surface area contributed by atoms with Crippen LogP contribution < -0.4 is 5.32 Å². The van der Waals surface area contributed by atoms with Crippen LogP contribution in [0.2, 0.25) is 5.02 Å². The van der Waals surface area contributed by atoms with Crippen LogP contribution in [0.3, 0.4) is 0 Å². The van der Waals surface area contributed by atoms with Crippen molar-refractivity contribution in [1.82, 2.24) is 5.32 Å². The molecule has 0 aliphatic rings. The molecule has 0 aromatic heterocycles. The van der Waals surface area contributed by atoms with Crippen molar-refractivity contribution in [3.05, 3.63) is 40.2 Å². The van der Waals surface area contributed by atoms with E-state index >= 15 is 0 Å². The molecule has 0 unspecified atom stereocenters. The first kappa shape index (κ1) is 14.2. The topological polar surface area (TPSA) is 12.0 Å². The van der Waals surface area contributed by atoms with Crippen LogP contribution in [0, 0.1) is 5.82 Å². The summed E-state index contributed by atoms with van der Waals surface area (Å²) in [6, 6.07) is 5.03. The van der Waals surface area contributed by atoms with Crippen molar-refractivity contribution in [3.8, 4) is 0 Å². The molecule has 1 nitrogen and oxygen atoms in total. The van der Waals surface area contributed by atoms with E-state index in [0.29, 0.717) is 11.1 Å². The molecule has 0 radical (unpaired) electrons. The van der Waals surface area contributed by atoms with E-state index in [1.54, 1.807) is 6.07 Å². The summed E-state index contributed by atoms with van der Waals surface area (Å²) in [5.74, 6) is -0.295. The average molecular weight is 256 g/mol. The minimum atomic E-state index is -0.295. The van der Waals surface area contributed by atoms with Gasteiger partial charge in [0.2, 0.25) is 0 Å². The zero-order chi connectivity index (χ0) is 12.8. The summed E-state index contributed by atoms with van der Waals surface area (Å²) in [5.41, 5.74) is 2.05. The first-order valence-electron chi connectivity index (χ1n) is 5.90. The van der Waals surface area contributed by atoms with Crippen molar-refractivity contribution in [2.75, 3.05) is 6.54 Å². The fraction of sp³-hybridized carbons (Fsp3) is 0.429. The lowest BCUT2D eigenvalue weighted by molar-refractivity contribution is 0.616. The molecule has 0 aliphatic carbocycles. The van der Waals surface area contributed by atoms with E-state index in [9.17, 15) is 4.39 Å². The molecule has 0 aliphatic heterocycles. The van der Waals surface area contributed by atoms with Gasteiger partial charge in [-0.3, -0.25) is 0 Å². The van der Waals surface area contributed by atoms with Gasteiger partial charge in [0.25, 0.3) is 0 Å². The van der Waals surface area contributed by atoms with Crippen LogP contribution in [0.5, 0.6) is 0 Å². The van der Waals surface area contributed by atoms with Crippen molar-refractivity contribution in [2.24, 2.45) is 0 Å². The smallest absolute Gasteiger partial charge is 0.125 e. The summed E-state index contributed by atoms with van der Waals surface area (Å²) in [6.07, 6.45) is 2.93. The summed E-state index contributed by atoms with van der Waals surface area (Å²) in [5, 5.41) is 3.78. The fourth-order valence-corrected chi connectivity index (χ4v) is 1.74. The van der Waals surface area contributed by atoms with Gasteiger partial charge in [0.05, 0.1) is 0 Å². The second-order valence-electron chi connectivity index (χ2n) is 4.39. The van der Waals surface area contributed by atoms with Crippen molar-refractivity contribution < 1.29 is 4.39 Å². The zero-order valence-corrected chi connectivity index (χ0v) is 11.3. The second kappa shape index (κ2) is 6.77. The predicted molar refractivity (Wildman–Crippen MR) is 72.8 cm³/mol. The lowest BCUT2D eigenvalue weighted by Gasteiger charge is -2.10. The summed E-state index contributed by atoms with van der Waals surface area (Å²) < 4.78 is 13.2. The van der Waals surface area contributed by atoms with Crippen LogP contribution in [0.4, 0.5) is 4.39 Å². The summed E-state index contributed by atoms with van der Waals surface area (Å²) in [7, 11) is 0. The Morgan fingerprint density at radius 3 is 2.65 bits per heavy atom. The Balaban J connectivity index is 2.82. The first-order valence-corrected chi connectivity index (χ1v) is 6.28. The second-order valence-corrected chi connectivity index (χ2v) is 4.83. The molecule has 0 amide bonds. The van der Waals surface area contributed by atoms with Crippen LogP contribution >= 0.6 is 11.6 Å². The number of rotatable bonds is 5. The van der Waals surface area contributed by atoms with Gasteiger partial charge in [0.1, 0.15) is 5.82 Å². The SMILES string of the molecule is CC/C(=C/c1cc(F)cc(Cl)c1)CNC(C)C. The number of nitrogens with one attached hydrogen (secondary N) is 1. The van der Waals surface area contributed by atoms with Gasteiger partial charge in [0.15, 0.2) is 0 Å². The van der Waals surface area contributed by atoms with Crippen molar-refractivity contribution in [1.29, 1.82) is 0 Å². The van der Waals surface area contributed by atoms with Gasteiger partial charge < -0.3 is 5.32 Å². The van der Waals surface area contributed by atoms with Crippen LogP contribution in [-0.4, -0.2) is 12.6 Å². The quantitative estimate of drug-likeness (QED) is 0.829. The maximum atomic E-state index is 13.2. The molecule has 0 saturated carbocycles. The molecule has 0 fully saturated rings. The maximum absolute atomic E-state index is 13.2. The van der Waals surface area contributed by atoms with E-state index < -0.39 is 0 Å². The number of halogens is 2. The monoisotopic (exact) mass is 255 g/mol. The first-order chi connectivity index (χ1) is 8.01. The fourth-order valence-electron chi connectivity index (χ4n) is 1.51. The normalized spacial score (nSPS) is 12.2. The molecule has 1 N–H and O–H groups in total. The van der Waals surface area contributed by atoms with E-state index in [4.69, 9.17) is 11.6 Å². The molecule has 3 heteroatoms. The highest BCUT2D eigenvalue weighted by molar-refractivity contribution is 6.30. The summed E-state index contributed by atoms with van der Waals surface area (Å²) >= 11 is 5.82. The van der Waals surface area contributed by atoms with Crippen molar-refractivity contribution in [3.63, 3.8) is 0 Å². The van der Waals surface area contributed by atoms with Crippen LogP contribution in [0.1, 0.15) is 32.8 Å². The minimum absolute atomic E-state index is 0.295. The summed E-state index contributed by atoms with van der Waals surface area (Å²) in [4.78, 5) is 0. The Bertz CT molecular complexity index is 379. The minimum Gasteiger partial charge on any atom is -0.311 e. The molecular formula is C14H19ClFN. The van der Waals surface area contributed by atoms with E-state index in [1.165, 1.54) is 17.7 Å². The molecule has 1 aromatic carbocycles. The van der Waals surface area contributed by atoms with Crippen molar-refractivity contribution in [2.45, 2.75) is 33.2 Å². The third kappa shape index (κ3) is 5.33. The van der Waals surface area contributed by atoms with Gasteiger partial charge in [-0.05, 0) is 30.2 Å². The van der Waals surface area contributed by atoms with Crippen molar-refractivity contribution >= 4 is 17.7 Å². The van der Waals surface area contributed by atoms with E-state index in [0.717, 1.165) is 18.5 Å². The molecule has 0 bridgehead atoms. The number of benzene rings is 1. The average Bonchev–Trinajstić information content (AvgIpc) is 2.22. The highest BCUT2D eigenvalue weighted by Gasteiger charge is 2.00. The molecule has 0 heterocycles. The molecule has 0 saturated heterocycles. The Morgan fingerprint density at radius 1 is 1.41 bits per heavy atom. The Morgan fingerprint density at radius 2 is 2.12 bits per heavy atom. The van der Waals surface area contributed by atoms with Gasteiger partial charge in [-0.15, -0.1) is 0 Å². The third-order valence-corrected chi connectivity index (χ3v) is 2.67. The lowest BCUT2D eigenvalue weighted by Crippen LogP contribution is -2.24. The Hall–Kier alpha value is -0.860. The maximum Gasteiger partial charge on any atom is 0.125 e. The highest BCUT2D eigenvalue weighted by atomic mass is 35.5. The van der Waals surface area contributed by atoms with Gasteiger partial charge in [-0.25, -0.2) is 4.39 Å². The number of hydrogen-bond donors (Lipinski definition) is 1. The Kier molecular flexibility index (Phi) is 5.66. The van der Waals surface area contributed by atoms with Gasteiger partial charge in [-0.1, -0.05) is 44.0 Å².